The molecule has 0 N–H and O–H groups in total. The van der Waals surface area contributed by atoms with Crippen molar-refractivity contribution in [3.63, 3.8) is 0 Å². The van der Waals surface area contributed by atoms with Gasteiger partial charge in [-0.3, -0.25) is 4.98 Å². The molecule has 0 aliphatic heterocycles. The second kappa shape index (κ2) is 5.55. The largest absolute Gasteiger partial charge is 0.465 e. The number of aromatic nitrogens is 1. The number of nitrogens with zero attached hydrogens (tertiary/aromatic N) is 2. The maximum absolute atomic E-state index is 12.6. The molecular formula is C10H7ClF2N2O2. The Labute approximate surface area is 101 Å². The molecule has 0 saturated heterocycles. The smallest absolute Gasteiger partial charge is 0.339 e. The molecule has 0 aliphatic carbocycles. The van der Waals surface area contributed by atoms with Gasteiger partial charge in [-0.15, -0.1) is 11.6 Å². The Morgan fingerprint density at radius 2 is 2.35 bits per heavy atom. The SMILES string of the molecule is COC(=O)c1cnc(C(F)F)c(C#N)c1CCl. The van der Waals surface area contributed by atoms with Crippen LogP contribution in [-0.4, -0.2) is 18.1 Å². The van der Waals surface area contributed by atoms with Gasteiger partial charge >= 0.3 is 5.97 Å². The zero-order valence-corrected chi connectivity index (χ0v) is 9.46. The van der Waals surface area contributed by atoms with Crippen LogP contribution in [0, 0.1) is 11.3 Å². The summed E-state index contributed by atoms with van der Waals surface area (Å²) in [6.45, 7) is 0. The monoisotopic (exact) mass is 260 g/mol. The number of rotatable bonds is 3. The Hall–Kier alpha value is -1.74. The van der Waals surface area contributed by atoms with Crippen LogP contribution in [0.4, 0.5) is 8.78 Å². The number of carbonyl (C=O) groups excluding carboxylic acids is 1. The second-order valence-corrected chi connectivity index (χ2v) is 3.22. The molecule has 7 heteroatoms. The molecule has 0 bridgehead atoms. The first-order chi connectivity index (χ1) is 8.06. The number of carbonyl (C=O) groups is 1. The highest BCUT2D eigenvalue weighted by Crippen LogP contribution is 2.26. The van der Waals surface area contributed by atoms with Gasteiger partial charge in [-0.2, -0.15) is 5.26 Å². The zero-order chi connectivity index (χ0) is 13.0. The highest BCUT2D eigenvalue weighted by molar-refractivity contribution is 6.18. The van der Waals surface area contributed by atoms with Crippen molar-refractivity contribution in [1.29, 1.82) is 5.26 Å². The first kappa shape index (κ1) is 13.3. The van der Waals surface area contributed by atoms with Gasteiger partial charge in [-0.05, 0) is 0 Å². The molecule has 0 spiro atoms. The molecule has 0 unspecified atom stereocenters. The van der Waals surface area contributed by atoms with Crippen molar-refractivity contribution in [2.45, 2.75) is 12.3 Å². The number of hydrogen-bond acceptors (Lipinski definition) is 4. The number of esters is 1. The summed E-state index contributed by atoms with van der Waals surface area (Å²) in [5.41, 5.74) is -1.14. The van der Waals surface area contributed by atoms with Crippen molar-refractivity contribution in [1.82, 2.24) is 4.98 Å². The first-order valence-corrected chi connectivity index (χ1v) is 4.94. The lowest BCUT2D eigenvalue weighted by atomic mass is 10.0. The molecule has 1 rings (SSSR count). The summed E-state index contributed by atoms with van der Waals surface area (Å²) in [5.74, 6) is -1.03. The van der Waals surface area contributed by atoms with Gasteiger partial charge in [0.2, 0.25) is 0 Å². The summed E-state index contributed by atoms with van der Waals surface area (Å²) in [6, 6.07) is 1.58. The van der Waals surface area contributed by atoms with Gasteiger partial charge in [-0.25, -0.2) is 13.6 Å². The average Bonchev–Trinajstić information content (AvgIpc) is 2.35. The van der Waals surface area contributed by atoms with Gasteiger partial charge in [0.15, 0.2) is 0 Å². The van der Waals surface area contributed by atoms with Crippen molar-refractivity contribution < 1.29 is 18.3 Å². The van der Waals surface area contributed by atoms with Crippen LogP contribution in [0.2, 0.25) is 0 Å². The summed E-state index contributed by atoms with van der Waals surface area (Å²) in [4.78, 5) is 14.7. The van der Waals surface area contributed by atoms with E-state index in [1.807, 2.05) is 0 Å². The number of alkyl halides is 3. The van der Waals surface area contributed by atoms with Crippen molar-refractivity contribution in [3.05, 3.63) is 28.6 Å². The number of ether oxygens (including phenoxy) is 1. The third kappa shape index (κ3) is 2.50. The number of hydrogen-bond donors (Lipinski definition) is 0. The van der Waals surface area contributed by atoms with E-state index in [4.69, 9.17) is 16.9 Å². The Morgan fingerprint density at radius 1 is 1.71 bits per heavy atom. The highest BCUT2D eigenvalue weighted by atomic mass is 35.5. The molecule has 1 heterocycles. The maximum atomic E-state index is 12.6. The predicted octanol–water partition coefficient (Wildman–Crippen LogP) is 2.42. The fourth-order valence-electron chi connectivity index (χ4n) is 1.28. The van der Waals surface area contributed by atoms with E-state index in [1.165, 1.54) is 0 Å². The Bertz CT molecular complexity index is 486. The van der Waals surface area contributed by atoms with Crippen molar-refractivity contribution in [3.8, 4) is 6.07 Å². The number of pyridine rings is 1. The molecule has 0 radical (unpaired) electrons. The molecule has 0 aliphatic rings. The van der Waals surface area contributed by atoms with Crippen LogP contribution < -0.4 is 0 Å². The average molecular weight is 261 g/mol. The van der Waals surface area contributed by atoms with Crippen molar-refractivity contribution in [2.75, 3.05) is 7.11 Å². The Kier molecular flexibility index (Phi) is 4.35. The lowest BCUT2D eigenvalue weighted by Crippen LogP contribution is -2.10. The lowest BCUT2D eigenvalue weighted by Gasteiger charge is -2.10. The van der Waals surface area contributed by atoms with Crippen molar-refractivity contribution >= 4 is 17.6 Å². The van der Waals surface area contributed by atoms with E-state index in [-0.39, 0.29) is 22.6 Å². The minimum atomic E-state index is -2.90. The molecule has 17 heavy (non-hydrogen) atoms. The van der Waals surface area contributed by atoms with Gasteiger partial charge in [0.25, 0.3) is 6.43 Å². The van der Waals surface area contributed by atoms with Crippen LogP contribution in [0.3, 0.4) is 0 Å². The topological polar surface area (TPSA) is 63.0 Å². The van der Waals surface area contributed by atoms with Gasteiger partial charge in [-0.1, -0.05) is 0 Å². The standard InChI is InChI=1S/C10H7ClF2N2O2/c1-17-10(16)7-4-15-8(9(12)13)6(3-14)5(7)2-11/h4,9H,2H2,1H3. The molecule has 0 atom stereocenters. The zero-order valence-electron chi connectivity index (χ0n) is 8.71. The fraction of sp³-hybridized carbons (Fsp3) is 0.300. The third-order valence-electron chi connectivity index (χ3n) is 2.07. The van der Waals surface area contributed by atoms with Crippen LogP contribution in [0.5, 0.6) is 0 Å². The molecule has 0 saturated carbocycles. The molecule has 0 fully saturated rings. The maximum Gasteiger partial charge on any atom is 0.339 e. The third-order valence-corrected chi connectivity index (χ3v) is 2.34. The molecule has 1 aromatic heterocycles. The molecule has 1 aromatic rings. The van der Waals surface area contributed by atoms with E-state index in [0.29, 0.717) is 0 Å². The van der Waals surface area contributed by atoms with E-state index in [1.54, 1.807) is 6.07 Å². The summed E-state index contributed by atoms with van der Waals surface area (Å²) < 4.78 is 29.6. The van der Waals surface area contributed by atoms with E-state index in [2.05, 4.69) is 9.72 Å². The molecule has 4 nitrogen and oxygen atoms in total. The summed E-state index contributed by atoms with van der Waals surface area (Å²) in [7, 11) is 1.13. The van der Waals surface area contributed by atoms with Crippen LogP contribution in [-0.2, 0) is 10.6 Å². The highest BCUT2D eigenvalue weighted by Gasteiger charge is 2.23. The quantitative estimate of drug-likeness (QED) is 0.618. The van der Waals surface area contributed by atoms with Crippen LogP contribution >= 0.6 is 11.6 Å². The minimum Gasteiger partial charge on any atom is -0.465 e. The van der Waals surface area contributed by atoms with Gasteiger partial charge in [0.1, 0.15) is 11.8 Å². The fourth-order valence-corrected chi connectivity index (χ4v) is 1.56. The normalized spacial score (nSPS) is 10.1. The van der Waals surface area contributed by atoms with Crippen molar-refractivity contribution in [2.24, 2.45) is 0 Å². The van der Waals surface area contributed by atoms with Crippen LogP contribution in [0.1, 0.15) is 33.6 Å². The predicted molar refractivity (Wildman–Crippen MR) is 54.8 cm³/mol. The summed E-state index contributed by atoms with van der Waals surface area (Å²) in [6.07, 6.45) is -1.97. The minimum absolute atomic E-state index is 0.00585. The van der Waals surface area contributed by atoms with Gasteiger partial charge in [0.05, 0.1) is 18.2 Å². The van der Waals surface area contributed by atoms with E-state index in [0.717, 1.165) is 13.3 Å². The van der Waals surface area contributed by atoms with Crippen LogP contribution in [0.25, 0.3) is 0 Å². The van der Waals surface area contributed by atoms with E-state index >= 15 is 0 Å². The molecule has 90 valence electrons. The summed E-state index contributed by atoms with van der Waals surface area (Å²) in [5, 5.41) is 8.82. The second-order valence-electron chi connectivity index (χ2n) is 2.95. The molecular weight excluding hydrogens is 254 g/mol. The lowest BCUT2D eigenvalue weighted by molar-refractivity contribution is 0.0598. The number of nitriles is 1. The first-order valence-electron chi connectivity index (χ1n) is 4.41. The Balaban J connectivity index is 3.50. The van der Waals surface area contributed by atoms with Gasteiger partial charge in [0, 0.05) is 17.6 Å². The molecule has 0 aromatic carbocycles. The molecule has 0 amide bonds. The van der Waals surface area contributed by atoms with E-state index in [9.17, 15) is 13.6 Å². The van der Waals surface area contributed by atoms with Gasteiger partial charge < -0.3 is 4.74 Å². The number of methoxy groups -OCH3 is 1. The summed E-state index contributed by atoms with van der Waals surface area (Å²) >= 11 is 5.56. The van der Waals surface area contributed by atoms with E-state index < -0.39 is 18.1 Å². The number of halogens is 3. The Morgan fingerprint density at radius 3 is 2.76 bits per heavy atom. The van der Waals surface area contributed by atoms with Crippen LogP contribution in [0.15, 0.2) is 6.20 Å².